The van der Waals surface area contributed by atoms with Crippen molar-refractivity contribution in [3.8, 4) is 0 Å². The van der Waals surface area contributed by atoms with E-state index in [2.05, 4.69) is 61.0 Å². The molecule has 2 nitrogen and oxygen atoms in total. The molecule has 18 heavy (non-hydrogen) atoms. The van der Waals surface area contributed by atoms with Crippen molar-refractivity contribution in [1.29, 1.82) is 0 Å². The highest BCUT2D eigenvalue weighted by molar-refractivity contribution is 9.10. The van der Waals surface area contributed by atoms with Gasteiger partial charge in [-0.3, -0.25) is 4.79 Å². The number of alkyl halides is 1. The van der Waals surface area contributed by atoms with Gasteiger partial charge in [-0.1, -0.05) is 48.8 Å². The summed E-state index contributed by atoms with van der Waals surface area (Å²) in [4.78, 5) is 14.0. The van der Waals surface area contributed by atoms with Gasteiger partial charge in [0.2, 0.25) is 5.91 Å². The summed E-state index contributed by atoms with van der Waals surface area (Å²) in [5.74, 6) is 0.185. The van der Waals surface area contributed by atoms with Crippen molar-refractivity contribution in [2.75, 3.05) is 11.4 Å². The monoisotopic (exact) mass is 309 g/mol. The Morgan fingerprint density at radius 3 is 2.39 bits per heavy atom. The Kier molecular flexibility index (Phi) is 3.81. The second kappa shape index (κ2) is 5.04. The zero-order valence-electron chi connectivity index (χ0n) is 11.2. The Hall–Kier alpha value is -0.830. The molecule has 1 fully saturated rings. The second-order valence-corrected chi connectivity index (χ2v) is 7.00. The minimum Gasteiger partial charge on any atom is -0.311 e. The number of hydrogen-bond acceptors (Lipinski definition) is 1. The van der Waals surface area contributed by atoms with E-state index in [1.807, 2.05) is 4.90 Å². The van der Waals surface area contributed by atoms with Crippen LogP contribution in [0.1, 0.15) is 39.2 Å². The van der Waals surface area contributed by atoms with Crippen molar-refractivity contribution in [1.82, 2.24) is 0 Å². The molecule has 1 atom stereocenters. The van der Waals surface area contributed by atoms with Crippen LogP contribution in [0, 0.1) is 0 Å². The first-order valence-corrected chi connectivity index (χ1v) is 7.37. The molecular weight excluding hydrogens is 290 g/mol. The van der Waals surface area contributed by atoms with Gasteiger partial charge in [0, 0.05) is 12.2 Å². The summed E-state index contributed by atoms with van der Waals surface area (Å²) >= 11 is 3.45. The second-order valence-electron chi connectivity index (χ2n) is 5.90. The van der Waals surface area contributed by atoms with Gasteiger partial charge >= 0.3 is 0 Å². The van der Waals surface area contributed by atoms with Crippen molar-refractivity contribution in [3.05, 3.63) is 29.8 Å². The van der Waals surface area contributed by atoms with Crippen LogP contribution in [0.2, 0.25) is 0 Å². The van der Waals surface area contributed by atoms with Gasteiger partial charge in [-0.2, -0.15) is 0 Å². The molecule has 0 N–H and O–H groups in total. The van der Waals surface area contributed by atoms with Gasteiger partial charge < -0.3 is 4.90 Å². The zero-order valence-corrected chi connectivity index (χ0v) is 12.8. The van der Waals surface area contributed by atoms with E-state index in [0.717, 1.165) is 25.1 Å². The van der Waals surface area contributed by atoms with Gasteiger partial charge in [0.05, 0.1) is 4.83 Å². The third-order valence-corrected chi connectivity index (χ3v) is 4.27. The fourth-order valence-electron chi connectivity index (χ4n) is 2.23. The Labute approximate surface area is 117 Å². The van der Waals surface area contributed by atoms with E-state index in [4.69, 9.17) is 0 Å². The first-order valence-electron chi connectivity index (χ1n) is 6.45. The van der Waals surface area contributed by atoms with Gasteiger partial charge in [-0.25, -0.2) is 0 Å². The van der Waals surface area contributed by atoms with Crippen LogP contribution in [-0.2, 0) is 10.2 Å². The van der Waals surface area contributed by atoms with Crippen LogP contribution in [-0.4, -0.2) is 17.3 Å². The molecular formula is C15H20BrNO. The molecule has 1 aliphatic rings. The number of nitrogens with zero attached hydrogens (tertiary/aromatic N) is 1. The maximum atomic E-state index is 12.1. The molecule has 0 bridgehead atoms. The Morgan fingerprint density at radius 1 is 1.22 bits per heavy atom. The highest BCUT2D eigenvalue weighted by atomic mass is 79.9. The number of piperidine rings is 1. The quantitative estimate of drug-likeness (QED) is 0.721. The van der Waals surface area contributed by atoms with Gasteiger partial charge in [0.1, 0.15) is 0 Å². The minimum absolute atomic E-state index is 0.0199. The van der Waals surface area contributed by atoms with Crippen LogP contribution in [0.5, 0.6) is 0 Å². The minimum atomic E-state index is -0.0199. The average molecular weight is 310 g/mol. The van der Waals surface area contributed by atoms with E-state index in [1.54, 1.807) is 0 Å². The maximum absolute atomic E-state index is 12.1. The topological polar surface area (TPSA) is 20.3 Å². The average Bonchev–Trinajstić information content (AvgIpc) is 2.32. The molecule has 1 heterocycles. The van der Waals surface area contributed by atoms with Gasteiger partial charge in [-0.15, -0.1) is 0 Å². The molecule has 1 saturated heterocycles. The molecule has 0 aliphatic carbocycles. The number of carbonyl (C=O) groups is 1. The van der Waals surface area contributed by atoms with E-state index in [0.29, 0.717) is 0 Å². The van der Waals surface area contributed by atoms with Gasteiger partial charge in [0.15, 0.2) is 0 Å². The Morgan fingerprint density at radius 2 is 1.83 bits per heavy atom. The van der Waals surface area contributed by atoms with Gasteiger partial charge in [0.25, 0.3) is 0 Å². The summed E-state index contributed by atoms with van der Waals surface area (Å²) in [7, 11) is 0. The number of carbonyl (C=O) groups excluding carboxylic acids is 1. The SMILES string of the molecule is CC(C)(C)c1ccc(N2CCCC(Br)C2=O)cc1. The third-order valence-electron chi connectivity index (χ3n) is 3.42. The summed E-state index contributed by atoms with van der Waals surface area (Å²) in [6.07, 6.45) is 2.00. The lowest BCUT2D eigenvalue weighted by molar-refractivity contribution is -0.118. The molecule has 0 saturated carbocycles. The third kappa shape index (κ3) is 2.77. The van der Waals surface area contributed by atoms with Crippen molar-refractivity contribution < 1.29 is 4.79 Å². The highest BCUT2D eigenvalue weighted by Crippen LogP contribution is 2.28. The molecule has 3 heteroatoms. The number of rotatable bonds is 1. The predicted molar refractivity (Wildman–Crippen MR) is 79.4 cm³/mol. The van der Waals surface area contributed by atoms with Crippen LogP contribution in [0.15, 0.2) is 24.3 Å². The molecule has 1 aromatic carbocycles. The Balaban J connectivity index is 2.22. The normalized spacial score (nSPS) is 21.2. The summed E-state index contributed by atoms with van der Waals surface area (Å²) in [6.45, 7) is 7.42. The standard InChI is InChI=1S/C15H20BrNO/c1-15(2,3)11-6-8-12(9-7-11)17-10-4-5-13(16)14(17)18/h6-9,13H,4-5,10H2,1-3H3. The van der Waals surface area contributed by atoms with Crippen LogP contribution in [0.4, 0.5) is 5.69 Å². The van der Waals surface area contributed by atoms with Crippen LogP contribution in [0.25, 0.3) is 0 Å². The summed E-state index contributed by atoms with van der Waals surface area (Å²) in [5.41, 5.74) is 2.46. The lowest BCUT2D eigenvalue weighted by Gasteiger charge is -2.30. The number of hydrogen-bond donors (Lipinski definition) is 0. The highest BCUT2D eigenvalue weighted by Gasteiger charge is 2.27. The van der Waals surface area contributed by atoms with Crippen molar-refractivity contribution >= 4 is 27.5 Å². The Bertz CT molecular complexity index is 433. The molecule has 0 radical (unpaired) electrons. The van der Waals surface area contributed by atoms with E-state index in [-0.39, 0.29) is 16.1 Å². The first kappa shape index (κ1) is 13.6. The molecule has 2 rings (SSSR count). The zero-order chi connectivity index (χ0) is 13.3. The molecule has 1 aliphatic heterocycles. The number of halogens is 1. The predicted octanol–water partition coefficient (Wildman–Crippen LogP) is 3.87. The van der Waals surface area contributed by atoms with E-state index < -0.39 is 0 Å². The lowest BCUT2D eigenvalue weighted by atomic mass is 9.87. The van der Waals surface area contributed by atoms with Crippen molar-refractivity contribution in [2.45, 2.75) is 43.9 Å². The lowest BCUT2D eigenvalue weighted by Crippen LogP contribution is -2.41. The largest absolute Gasteiger partial charge is 0.311 e. The fraction of sp³-hybridized carbons (Fsp3) is 0.533. The smallest absolute Gasteiger partial charge is 0.240 e. The van der Waals surface area contributed by atoms with E-state index in [9.17, 15) is 4.79 Å². The molecule has 0 spiro atoms. The van der Waals surface area contributed by atoms with E-state index >= 15 is 0 Å². The molecule has 1 amide bonds. The van der Waals surface area contributed by atoms with E-state index in [1.165, 1.54) is 5.56 Å². The number of amides is 1. The molecule has 0 aromatic heterocycles. The number of benzene rings is 1. The molecule has 1 aromatic rings. The van der Waals surface area contributed by atoms with Gasteiger partial charge in [-0.05, 0) is 36.0 Å². The van der Waals surface area contributed by atoms with Crippen LogP contribution < -0.4 is 4.90 Å². The number of anilines is 1. The molecule has 98 valence electrons. The van der Waals surface area contributed by atoms with Crippen molar-refractivity contribution in [2.24, 2.45) is 0 Å². The fourth-order valence-corrected chi connectivity index (χ4v) is 2.80. The van der Waals surface area contributed by atoms with Crippen LogP contribution >= 0.6 is 15.9 Å². The first-order chi connectivity index (χ1) is 8.39. The van der Waals surface area contributed by atoms with Crippen LogP contribution in [0.3, 0.4) is 0 Å². The van der Waals surface area contributed by atoms with Crippen molar-refractivity contribution in [3.63, 3.8) is 0 Å². The maximum Gasteiger partial charge on any atom is 0.240 e. The summed E-state index contributed by atoms with van der Waals surface area (Å²) in [5, 5.41) is 0. The summed E-state index contributed by atoms with van der Waals surface area (Å²) < 4.78 is 0. The summed E-state index contributed by atoms with van der Waals surface area (Å²) in [6, 6.07) is 8.37. The molecule has 1 unspecified atom stereocenters.